The molecule has 0 unspecified atom stereocenters. The highest BCUT2D eigenvalue weighted by atomic mass is 16.5. The number of ether oxygens (including phenoxy) is 1. The number of carbonyl (C=O) groups is 1. The molecule has 1 heterocycles. The summed E-state index contributed by atoms with van der Waals surface area (Å²) in [6.07, 6.45) is 4.04. The molecular weight excluding hydrogens is 268 g/mol. The summed E-state index contributed by atoms with van der Waals surface area (Å²) in [6.45, 7) is 4.61. The Morgan fingerprint density at radius 3 is 2.76 bits per heavy atom. The van der Waals surface area contributed by atoms with Gasteiger partial charge in [-0.05, 0) is 37.1 Å². The fourth-order valence-electron chi connectivity index (χ4n) is 2.20. The van der Waals surface area contributed by atoms with E-state index in [1.165, 1.54) is 12.1 Å². The average molecular weight is 288 g/mol. The Morgan fingerprint density at radius 2 is 2.10 bits per heavy atom. The monoisotopic (exact) mass is 288 g/mol. The largest absolute Gasteiger partial charge is 0.487 e. The second kappa shape index (κ2) is 6.92. The molecule has 0 radical (unpaired) electrons. The quantitative estimate of drug-likeness (QED) is 0.846. The molecule has 0 aliphatic carbocycles. The van der Waals surface area contributed by atoms with Crippen molar-refractivity contribution in [1.82, 2.24) is 9.78 Å². The van der Waals surface area contributed by atoms with Crippen LogP contribution in [0.5, 0.6) is 5.75 Å². The van der Waals surface area contributed by atoms with Crippen LogP contribution < -0.4 is 4.74 Å². The van der Waals surface area contributed by atoms with Crippen molar-refractivity contribution in [3.05, 3.63) is 47.8 Å². The Morgan fingerprint density at radius 1 is 1.33 bits per heavy atom. The van der Waals surface area contributed by atoms with Gasteiger partial charge in [-0.3, -0.25) is 4.68 Å². The van der Waals surface area contributed by atoms with E-state index in [0.717, 1.165) is 18.5 Å². The molecule has 0 bridgehead atoms. The Hall–Kier alpha value is -2.30. The molecule has 0 aliphatic heterocycles. The number of rotatable bonds is 7. The van der Waals surface area contributed by atoms with Crippen LogP contribution in [0.3, 0.4) is 0 Å². The highest BCUT2D eigenvalue weighted by Crippen LogP contribution is 2.17. The Balaban J connectivity index is 2.00. The van der Waals surface area contributed by atoms with Gasteiger partial charge in [0.15, 0.2) is 0 Å². The zero-order valence-electron chi connectivity index (χ0n) is 12.3. The molecule has 0 saturated carbocycles. The van der Waals surface area contributed by atoms with Crippen molar-refractivity contribution in [3.63, 3.8) is 0 Å². The lowest BCUT2D eigenvalue weighted by atomic mass is 10.2. The molecule has 0 aliphatic rings. The number of carboxylic acids is 1. The van der Waals surface area contributed by atoms with E-state index in [2.05, 4.69) is 18.9 Å². The van der Waals surface area contributed by atoms with Gasteiger partial charge in [-0.15, -0.1) is 0 Å². The minimum absolute atomic E-state index is 0.218. The Labute approximate surface area is 124 Å². The minimum Gasteiger partial charge on any atom is -0.487 e. The molecule has 112 valence electrons. The summed E-state index contributed by atoms with van der Waals surface area (Å²) in [6, 6.07) is 8.80. The molecule has 2 rings (SSSR count). The summed E-state index contributed by atoms with van der Waals surface area (Å²) >= 11 is 0. The number of hydrogen-bond donors (Lipinski definition) is 1. The standard InChI is InChI=1S/C16H20N2O3/c1-3-14(4-2)18-9-8-13(17-18)11-21-15-7-5-6-12(10-15)16(19)20/h5-10,14H,3-4,11H2,1-2H3,(H,19,20). The molecule has 0 amide bonds. The van der Waals surface area contributed by atoms with Crippen molar-refractivity contribution in [2.45, 2.75) is 39.3 Å². The van der Waals surface area contributed by atoms with E-state index in [1.807, 2.05) is 16.9 Å². The molecule has 1 aromatic heterocycles. The summed E-state index contributed by atoms with van der Waals surface area (Å²) in [5, 5.41) is 13.4. The number of carboxylic acid groups (broad SMARTS) is 1. The summed E-state index contributed by atoms with van der Waals surface area (Å²) in [5.74, 6) is -0.426. The fraction of sp³-hybridized carbons (Fsp3) is 0.375. The van der Waals surface area contributed by atoms with Crippen molar-refractivity contribution >= 4 is 5.97 Å². The van der Waals surface area contributed by atoms with Gasteiger partial charge in [0.2, 0.25) is 0 Å². The third-order valence-electron chi connectivity index (χ3n) is 3.45. The fourth-order valence-corrected chi connectivity index (χ4v) is 2.20. The maximum absolute atomic E-state index is 10.9. The van der Waals surface area contributed by atoms with Crippen molar-refractivity contribution in [3.8, 4) is 5.75 Å². The average Bonchev–Trinajstić information content (AvgIpc) is 2.95. The third kappa shape index (κ3) is 3.84. The molecule has 5 heteroatoms. The molecule has 0 spiro atoms. The van der Waals surface area contributed by atoms with Crippen LogP contribution in [0, 0.1) is 0 Å². The van der Waals surface area contributed by atoms with Gasteiger partial charge in [0.05, 0.1) is 17.3 Å². The first-order valence-electron chi connectivity index (χ1n) is 7.14. The zero-order chi connectivity index (χ0) is 15.2. The highest BCUT2D eigenvalue weighted by molar-refractivity contribution is 5.87. The van der Waals surface area contributed by atoms with Crippen LogP contribution in [0.4, 0.5) is 0 Å². The van der Waals surface area contributed by atoms with E-state index in [4.69, 9.17) is 9.84 Å². The van der Waals surface area contributed by atoms with Crippen LogP contribution in [-0.4, -0.2) is 20.9 Å². The molecule has 1 N–H and O–H groups in total. The zero-order valence-corrected chi connectivity index (χ0v) is 12.3. The molecule has 5 nitrogen and oxygen atoms in total. The van der Waals surface area contributed by atoms with Crippen LogP contribution in [0.15, 0.2) is 36.5 Å². The summed E-state index contributed by atoms with van der Waals surface area (Å²) in [4.78, 5) is 10.9. The van der Waals surface area contributed by atoms with E-state index < -0.39 is 5.97 Å². The molecule has 1 aromatic carbocycles. The molecule has 0 saturated heterocycles. The first-order valence-corrected chi connectivity index (χ1v) is 7.14. The van der Waals surface area contributed by atoms with E-state index >= 15 is 0 Å². The predicted octanol–water partition coefficient (Wildman–Crippen LogP) is 3.52. The van der Waals surface area contributed by atoms with Gasteiger partial charge < -0.3 is 9.84 Å². The van der Waals surface area contributed by atoms with Crippen molar-refractivity contribution in [1.29, 1.82) is 0 Å². The van der Waals surface area contributed by atoms with E-state index in [0.29, 0.717) is 18.4 Å². The maximum atomic E-state index is 10.9. The van der Waals surface area contributed by atoms with Gasteiger partial charge in [-0.2, -0.15) is 5.10 Å². The van der Waals surface area contributed by atoms with Crippen LogP contribution >= 0.6 is 0 Å². The van der Waals surface area contributed by atoms with Gasteiger partial charge in [0, 0.05) is 6.20 Å². The lowest BCUT2D eigenvalue weighted by molar-refractivity contribution is 0.0696. The third-order valence-corrected chi connectivity index (χ3v) is 3.45. The van der Waals surface area contributed by atoms with Crippen LogP contribution in [-0.2, 0) is 6.61 Å². The van der Waals surface area contributed by atoms with Crippen molar-refractivity contribution in [2.24, 2.45) is 0 Å². The normalized spacial score (nSPS) is 10.8. The van der Waals surface area contributed by atoms with Crippen molar-refractivity contribution < 1.29 is 14.6 Å². The summed E-state index contributed by atoms with van der Waals surface area (Å²) in [7, 11) is 0. The van der Waals surface area contributed by atoms with Gasteiger partial charge in [-0.1, -0.05) is 19.9 Å². The van der Waals surface area contributed by atoms with Crippen LogP contribution in [0.1, 0.15) is 48.8 Å². The maximum Gasteiger partial charge on any atom is 0.335 e. The van der Waals surface area contributed by atoms with E-state index in [-0.39, 0.29) is 5.56 Å². The number of hydrogen-bond acceptors (Lipinski definition) is 3. The summed E-state index contributed by atoms with van der Waals surface area (Å²) < 4.78 is 7.57. The van der Waals surface area contributed by atoms with E-state index in [1.54, 1.807) is 12.1 Å². The highest BCUT2D eigenvalue weighted by Gasteiger charge is 2.09. The second-order valence-electron chi connectivity index (χ2n) is 4.88. The number of benzene rings is 1. The molecule has 21 heavy (non-hydrogen) atoms. The van der Waals surface area contributed by atoms with Gasteiger partial charge >= 0.3 is 5.97 Å². The Kier molecular flexibility index (Phi) is 4.98. The molecule has 0 fully saturated rings. The van der Waals surface area contributed by atoms with E-state index in [9.17, 15) is 4.79 Å². The first-order chi connectivity index (χ1) is 10.1. The SMILES string of the molecule is CCC(CC)n1ccc(COc2cccc(C(=O)O)c2)n1. The molecule has 2 aromatic rings. The lowest BCUT2D eigenvalue weighted by Crippen LogP contribution is -2.08. The smallest absolute Gasteiger partial charge is 0.335 e. The number of aromatic carboxylic acids is 1. The number of aromatic nitrogens is 2. The second-order valence-corrected chi connectivity index (χ2v) is 4.88. The molecular formula is C16H20N2O3. The van der Waals surface area contributed by atoms with Gasteiger partial charge in [0.1, 0.15) is 12.4 Å². The minimum atomic E-state index is -0.960. The predicted molar refractivity (Wildman–Crippen MR) is 79.6 cm³/mol. The van der Waals surface area contributed by atoms with Crippen LogP contribution in [0.25, 0.3) is 0 Å². The summed E-state index contributed by atoms with van der Waals surface area (Å²) in [5.41, 5.74) is 1.05. The first kappa shape index (κ1) is 15.1. The van der Waals surface area contributed by atoms with Crippen LogP contribution in [0.2, 0.25) is 0 Å². The Bertz CT molecular complexity index is 603. The number of nitrogens with zero attached hydrogens (tertiary/aromatic N) is 2. The van der Waals surface area contributed by atoms with Gasteiger partial charge in [0.25, 0.3) is 0 Å². The van der Waals surface area contributed by atoms with Gasteiger partial charge in [-0.25, -0.2) is 4.79 Å². The molecule has 0 atom stereocenters. The topological polar surface area (TPSA) is 64.3 Å². The lowest BCUT2D eigenvalue weighted by Gasteiger charge is -2.12. The van der Waals surface area contributed by atoms with Crippen molar-refractivity contribution in [2.75, 3.05) is 0 Å².